The van der Waals surface area contributed by atoms with Crippen LogP contribution in [-0.2, 0) is 6.54 Å². The fourth-order valence-electron chi connectivity index (χ4n) is 2.03. The van der Waals surface area contributed by atoms with E-state index in [0.29, 0.717) is 6.04 Å². The second kappa shape index (κ2) is 6.01. The molecule has 0 bridgehead atoms. The molecule has 1 aromatic rings. The van der Waals surface area contributed by atoms with Gasteiger partial charge in [0, 0.05) is 25.7 Å². The predicted molar refractivity (Wildman–Crippen MR) is 76.8 cm³/mol. The van der Waals surface area contributed by atoms with Gasteiger partial charge in [0.1, 0.15) is 5.82 Å². The Balaban J connectivity index is 2.03. The first kappa shape index (κ1) is 13.1. The van der Waals surface area contributed by atoms with Crippen LogP contribution in [-0.4, -0.2) is 24.1 Å². The molecule has 3 nitrogen and oxygen atoms in total. The van der Waals surface area contributed by atoms with Gasteiger partial charge in [0.05, 0.1) is 5.69 Å². The van der Waals surface area contributed by atoms with Gasteiger partial charge >= 0.3 is 0 Å². The Hall–Kier alpha value is -1.35. The molecule has 18 heavy (non-hydrogen) atoms. The number of hydrogen-bond donors (Lipinski definition) is 1. The van der Waals surface area contributed by atoms with E-state index in [9.17, 15) is 0 Å². The van der Waals surface area contributed by atoms with Crippen molar-refractivity contribution in [2.45, 2.75) is 39.8 Å². The standard InChI is InChI=1S/C15H23N3/c1-12(2)16-11-14-5-4-6-15(17-14)18-9-7-13(3)8-10-18/h4-7,12,16H,8-11H2,1-3H3. The van der Waals surface area contributed by atoms with E-state index in [2.05, 4.69) is 55.3 Å². The van der Waals surface area contributed by atoms with Gasteiger partial charge in [-0.15, -0.1) is 0 Å². The van der Waals surface area contributed by atoms with Crippen LogP contribution in [0.5, 0.6) is 0 Å². The zero-order valence-corrected chi connectivity index (χ0v) is 11.6. The summed E-state index contributed by atoms with van der Waals surface area (Å²) in [5.74, 6) is 1.10. The van der Waals surface area contributed by atoms with Crippen molar-refractivity contribution in [3.8, 4) is 0 Å². The number of rotatable bonds is 4. The molecule has 0 amide bonds. The van der Waals surface area contributed by atoms with Crippen molar-refractivity contribution in [2.24, 2.45) is 0 Å². The maximum atomic E-state index is 4.73. The van der Waals surface area contributed by atoms with Crippen molar-refractivity contribution in [1.82, 2.24) is 10.3 Å². The van der Waals surface area contributed by atoms with E-state index >= 15 is 0 Å². The molecule has 2 heterocycles. The van der Waals surface area contributed by atoms with Crippen molar-refractivity contribution in [3.63, 3.8) is 0 Å². The van der Waals surface area contributed by atoms with Crippen LogP contribution in [0.3, 0.4) is 0 Å². The van der Waals surface area contributed by atoms with Crippen LogP contribution in [0, 0.1) is 0 Å². The van der Waals surface area contributed by atoms with Crippen molar-refractivity contribution in [3.05, 3.63) is 35.5 Å². The molecule has 0 atom stereocenters. The Labute approximate surface area is 110 Å². The number of hydrogen-bond acceptors (Lipinski definition) is 3. The Kier molecular flexibility index (Phi) is 4.37. The largest absolute Gasteiger partial charge is 0.353 e. The highest BCUT2D eigenvalue weighted by atomic mass is 15.2. The summed E-state index contributed by atoms with van der Waals surface area (Å²) in [5.41, 5.74) is 2.61. The Morgan fingerprint density at radius 3 is 2.89 bits per heavy atom. The smallest absolute Gasteiger partial charge is 0.129 e. The number of pyridine rings is 1. The van der Waals surface area contributed by atoms with Crippen LogP contribution in [0.25, 0.3) is 0 Å². The van der Waals surface area contributed by atoms with Gasteiger partial charge in [-0.3, -0.25) is 0 Å². The fraction of sp³-hybridized carbons (Fsp3) is 0.533. The van der Waals surface area contributed by atoms with E-state index in [1.54, 1.807) is 0 Å². The van der Waals surface area contributed by atoms with Gasteiger partial charge in [-0.2, -0.15) is 0 Å². The average molecular weight is 245 g/mol. The number of anilines is 1. The predicted octanol–water partition coefficient (Wildman–Crippen LogP) is 2.74. The zero-order valence-electron chi connectivity index (χ0n) is 11.6. The molecule has 1 aliphatic heterocycles. The summed E-state index contributed by atoms with van der Waals surface area (Å²) >= 11 is 0. The molecular weight excluding hydrogens is 222 g/mol. The summed E-state index contributed by atoms with van der Waals surface area (Å²) < 4.78 is 0. The third-order valence-electron chi connectivity index (χ3n) is 3.24. The first-order chi connectivity index (χ1) is 8.65. The Morgan fingerprint density at radius 1 is 1.39 bits per heavy atom. The van der Waals surface area contributed by atoms with Crippen molar-refractivity contribution < 1.29 is 0 Å². The zero-order chi connectivity index (χ0) is 13.0. The number of nitrogens with zero attached hydrogens (tertiary/aromatic N) is 2. The number of aromatic nitrogens is 1. The lowest BCUT2D eigenvalue weighted by atomic mass is 10.1. The summed E-state index contributed by atoms with van der Waals surface area (Å²) in [6.45, 7) is 9.42. The topological polar surface area (TPSA) is 28.2 Å². The molecule has 98 valence electrons. The third-order valence-corrected chi connectivity index (χ3v) is 3.24. The first-order valence-electron chi connectivity index (χ1n) is 6.75. The van der Waals surface area contributed by atoms with E-state index in [-0.39, 0.29) is 0 Å². The second-order valence-electron chi connectivity index (χ2n) is 5.27. The highest BCUT2D eigenvalue weighted by molar-refractivity contribution is 5.41. The van der Waals surface area contributed by atoms with Gasteiger partial charge in [0.15, 0.2) is 0 Å². The maximum Gasteiger partial charge on any atom is 0.129 e. The van der Waals surface area contributed by atoms with E-state index in [1.165, 1.54) is 5.57 Å². The summed E-state index contributed by atoms with van der Waals surface area (Å²) in [5, 5.41) is 3.41. The van der Waals surface area contributed by atoms with E-state index in [0.717, 1.165) is 37.6 Å². The molecule has 1 N–H and O–H groups in total. The monoisotopic (exact) mass is 245 g/mol. The van der Waals surface area contributed by atoms with Gasteiger partial charge in [0.25, 0.3) is 0 Å². The molecule has 0 aromatic carbocycles. The minimum Gasteiger partial charge on any atom is -0.353 e. The lowest BCUT2D eigenvalue weighted by Crippen LogP contribution is -2.29. The Morgan fingerprint density at radius 2 is 2.22 bits per heavy atom. The molecule has 3 heteroatoms. The van der Waals surface area contributed by atoms with E-state index < -0.39 is 0 Å². The normalized spacial score (nSPS) is 16.0. The maximum absolute atomic E-state index is 4.73. The summed E-state index contributed by atoms with van der Waals surface area (Å²) in [4.78, 5) is 7.07. The molecule has 0 unspecified atom stereocenters. The molecule has 0 aliphatic carbocycles. The average Bonchev–Trinajstić information content (AvgIpc) is 2.37. The van der Waals surface area contributed by atoms with Gasteiger partial charge in [0.2, 0.25) is 0 Å². The van der Waals surface area contributed by atoms with E-state index in [1.807, 2.05) is 0 Å². The second-order valence-corrected chi connectivity index (χ2v) is 5.27. The van der Waals surface area contributed by atoms with Crippen molar-refractivity contribution >= 4 is 5.82 Å². The van der Waals surface area contributed by atoms with Crippen LogP contribution in [0.15, 0.2) is 29.8 Å². The molecule has 0 saturated carbocycles. The minimum atomic E-state index is 0.496. The van der Waals surface area contributed by atoms with Crippen LogP contribution in [0.1, 0.15) is 32.9 Å². The molecular formula is C15H23N3. The molecule has 2 rings (SSSR count). The third kappa shape index (κ3) is 3.57. The van der Waals surface area contributed by atoms with Crippen LogP contribution in [0.2, 0.25) is 0 Å². The first-order valence-corrected chi connectivity index (χ1v) is 6.75. The number of nitrogens with one attached hydrogen (secondary N) is 1. The highest BCUT2D eigenvalue weighted by Gasteiger charge is 2.11. The lowest BCUT2D eigenvalue weighted by molar-refractivity contribution is 0.581. The SMILES string of the molecule is CC1=CCN(c2cccc(CNC(C)C)n2)CC1. The van der Waals surface area contributed by atoms with Gasteiger partial charge in [-0.25, -0.2) is 4.98 Å². The summed E-state index contributed by atoms with van der Waals surface area (Å²) in [7, 11) is 0. The molecule has 0 spiro atoms. The molecule has 0 fully saturated rings. The van der Waals surface area contributed by atoms with E-state index in [4.69, 9.17) is 4.98 Å². The minimum absolute atomic E-state index is 0.496. The summed E-state index contributed by atoms with van der Waals surface area (Å²) in [6.07, 6.45) is 3.44. The fourth-order valence-corrected chi connectivity index (χ4v) is 2.03. The molecule has 0 saturated heterocycles. The van der Waals surface area contributed by atoms with Crippen molar-refractivity contribution in [1.29, 1.82) is 0 Å². The van der Waals surface area contributed by atoms with Gasteiger partial charge in [-0.1, -0.05) is 31.6 Å². The quantitative estimate of drug-likeness (QED) is 0.827. The molecule has 1 aliphatic rings. The van der Waals surface area contributed by atoms with Gasteiger partial charge in [-0.05, 0) is 25.5 Å². The molecule has 1 aromatic heterocycles. The summed E-state index contributed by atoms with van der Waals surface area (Å²) in [6, 6.07) is 6.79. The van der Waals surface area contributed by atoms with Crippen LogP contribution < -0.4 is 10.2 Å². The Bertz CT molecular complexity index is 424. The lowest BCUT2D eigenvalue weighted by Gasteiger charge is -2.26. The van der Waals surface area contributed by atoms with Gasteiger partial charge < -0.3 is 10.2 Å². The highest BCUT2D eigenvalue weighted by Crippen LogP contribution is 2.17. The van der Waals surface area contributed by atoms with Crippen LogP contribution in [0.4, 0.5) is 5.82 Å². The van der Waals surface area contributed by atoms with Crippen molar-refractivity contribution in [2.75, 3.05) is 18.0 Å². The van der Waals surface area contributed by atoms with Crippen LogP contribution >= 0.6 is 0 Å². The molecule has 0 radical (unpaired) electrons.